The monoisotopic (exact) mass is 193 g/mol. The van der Waals surface area contributed by atoms with Crippen LogP contribution in [0.1, 0.15) is 11.9 Å². The molecule has 0 bridgehead atoms. The lowest BCUT2D eigenvalue weighted by Gasteiger charge is -2.13. The predicted molar refractivity (Wildman–Crippen MR) is 50.2 cm³/mol. The van der Waals surface area contributed by atoms with Gasteiger partial charge in [-0.05, 0) is 12.1 Å². The summed E-state index contributed by atoms with van der Waals surface area (Å²) in [5.41, 5.74) is 6.25. The first-order valence-electron chi connectivity index (χ1n) is 4.22. The number of benzene rings is 1. The molecule has 2 rings (SSSR count). The fraction of sp³-hybridized carbons (Fsp3) is 0.200. The maximum atomic E-state index is 5.43. The van der Waals surface area contributed by atoms with Gasteiger partial charge in [-0.25, -0.2) is 0 Å². The zero-order chi connectivity index (χ0) is 9.97. The van der Waals surface area contributed by atoms with E-state index in [0.717, 1.165) is 11.3 Å². The molecule has 1 aliphatic rings. The van der Waals surface area contributed by atoms with Gasteiger partial charge < -0.3 is 19.9 Å². The molecule has 1 aromatic rings. The zero-order valence-electron chi connectivity index (χ0n) is 7.77. The smallest absolute Gasteiger partial charge is 0.272 e. The second-order valence-electron chi connectivity index (χ2n) is 2.85. The fourth-order valence-electron chi connectivity index (χ4n) is 1.31. The first kappa shape index (κ1) is 8.74. The van der Waals surface area contributed by atoms with Gasteiger partial charge in [0.1, 0.15) is 12.0 Å². The molecule has 1 heterocycles. The van der Waals surface area contributed by atoms with E-state index in [1.165, 1.54) is 6.26 Å². The Morgan fingerprint density at radius 1 is 1.36 bits per heavy atom. The van der Waals surface area contributed by atoms with Gasteiger partial charge in [-0.3, -0.25) is 0 Å². The van der Waals surface area contributed by atoms with Crippen LogP contribution in [0, 0.1) is 0 Å². The Kier molecular flexibility index (Phi) is 2.18. The Labute approximate surface area is 81.9 Å². The van der Waals surface area contributed by atoms with Crippen molar-refractivity contribution < 1.29 is 14.2 Å². The minimum absolute atomic E-state index is 0.279. The number of ether oxygens (including phenoxy) is 3. The minimum Gasteiger partial charge on any atom is -0.496 e. The van der Waals surface area contributed by atoms with Crippen LogP contribution in [0.5, 0.6) is 5.75 Å². The highest BCUT2D eigenvalue weighted by Crippen LogP contribution is 2.32. The van der Waals surface area contributed by atoms with Gasteiger partial charge in [0.2, 0.25) is 5.88 Å². The summed E-state index contributed by atoms with van der Waals surface area (Å²) in [5.74, 6) is 1.00. The minimum atomic E-state index is -0.494. The van der Waals surface area contributed by atoms with E-state index in [2.05, 4.69) is 0 Å². The van der Waals surface area contributed by atoms with Gasteiger partial charge in [0.15, 0.2) is 0 Å². The van der Waals surface area contributed by atoms with E-state index in [4.69, 9.17) is 19.9 Å². The summed E-state index contributed by atoms with van der Waals surface area (Å²) in [6.45, 7) is 0. The second-order valence-corrected chi connectivity index (χ2v) is 2.85. The molecule has 1 unspecified atom stereocenters. The summed E-state index contributed by atoms with van der Waals surface area (Å²) in [4.78, 5) is 0. The summed E-state index contributed by atoms with van der Waals surface area (Å²) in [6, 6.07) is 7.49. The summed E-state index contributed by atoms with van der Waals surface area (Å²) >= 11 is 0. The second kappa shape index (κ2) is 3.49. The van der Waals surface area contributed by atoms with E-state index in [1.54, 1.807) is 7.11 Å². The van der Waals surface area contributed by atoms with E-state index in [-0.39, 0.29) is 5.88 Å². The van der Waals surface area contributed by atoms with Gasteiger partial charge in [0.25, 0.3) is 6.29 Å². The first-order chi connectivity index (χ1) is 6.81. The van der Waals surface area contributed by atoms with E-state index in [0.29, 0.717) is 0 Å². The number of hydrogen-bond acceptors (Lipinski definition) is 4. The van der Waals surface area contributed by atoms with Crippen molar-refractivity contribution in [2.24, 2.45) is 5.73 Å². The van der Waals surface area contributed by atoms with Crippen molar-refractivity contribution in [3.63, 3.8) is 0 Å². The van der Waals surface area contributed by atoms with Gasteiger partial charge >= 0.3 is 0 Å². The molecule has 0 saturated carbocycles. The Balaban J connectivity index is 2.24. The normalized spacial score (nSPS) is 19.5. The zero-order valence-corrected chi connectivity index (χ0v) is 7.77. The lowest BCUT2D eigenvalue weighted by Crippen LogP contribution is -2.04. The Hall–Kier alpha value is -1.84. The highest BCUT2D eigenvalue weighted by atomic mass is 16.7. The van der Waals surface area contributed by atoms with E-state index >= 15 is 0 Å². The van der Waals surface area contributed by atoms with Crippen LogP contribution in [0.15, 0.2) is 36.4 Å². The molecule has 1 atom stereocenters. The molecule has 0 radical (unpaired) electrons. The molecule has 74 valence electrons. The molecule has 0 aliphatic carbocycles. The van der Waals surface area contributed by atoms with Crippen molar-refractivity contribution in [3.8, 4) is 5.75 Å². The highest BCUT2D eigenvalue weighted by Gasteiger charge is 2.22. The number of nitrogens with two attached hydrogens (primary N) is 1. The average molecular weight is 193 g/mol. The molecule has 0 amide bonds. The summed E-state index contributed by atoms with van der Waals surface area (Å²) < 4.78 is 15.6. The van der Waals surface area contributed by atoms with Crippen molar-refractivity contribution in [1.29, 1.82) is 0 Å². The van der Waals surface area contributed by atoms with Crippen molar-refractivity contribution in [2.45, 2.75) is 6.29 Å². The third kappa shape index (κ3) is 1.46. The lowest BCUT2D eigenvalue weighted by molar-refractivity contribution is -0.0356. The molecule has 1 aromatic carbocycles. The molecule has 0 spiro atoms. The molecule has 0 aromatic heterocycles. The standard InChI is InChI=1S/C10H11NO3/c1-12-8-5-3-2-4-7(8)10-13-6-9(11)14-10/h2-6,10H,11H2,1H3. The fourth-order valence-corrected chi connectivity index (χ4v) is 1.31. The molecule has 1 aliphatic heterocycles. The predicted octanol–water partition coefficient (Wildman–Crippen LogP) is 1.50. The maximum absolute atomic E-state index is 5.43. The third-order valence-electron chi connectivity index (χ3n) is 1.94. The van der Waals surface area contributed by atoms with Gasteiger partial charge in [0, 0.05) is 0 Å². The van der Waals surface area contributed by atoms with Crippen LogP contribution in [0.25, 0.3) is 0 Å². The van der Waals surface area contributed by atoms with Crippen LogP contribution in [0.2, 0.25) is 0 Å². The number of hydrogen-bond donors (Lipinski definition) is 1. The molecule has 0 saturated heterocycles. The topological polar surface area (TPSA) is 53.7 Å². The Bertz CT molecular complexity index is 362. The van der Waals surface area contributed by atoms with Crippen LogP contribution in [0.4, 0.5) is 0 Å². The Morgan fingerprint density at radius 2 is 2.14 bits per heavy atom. The summed E-state index contributed by atoms with van der Waals surface area (Å²) in [7, 11) is 1.60. The third-order valence-corrected chi connectivity index (χ3v) is 1.94. The number of methoxy groups -OCH3 is 1. The molecule has 14 heavy (non-hydrogen) atoms. The quantitative estimate of drug-likeness (QED) is 0.773. The van der Waals surface area contributed by atoms with Crippen LogP contribution < -0.4 is 10.5 Å². The van der Waals surface area contributed by atoms with Crippen molar-refractivity contribution in [3.05, 3.63) is 42.0 Å². The molecule has 2 N–H and O–H groups in total. The molecular weight excluding hydrogens is 182 g/mol. The first-order valence-corrected chi connectivity index (χ1v) is 4.22. The molecule has 4 nitrogen and oxygen atoms in total. The molecule has 4 heteroatoms. The molecular formula is C10H11NO3. The van der Waals surface area contributed by atoms with Crippen LogP contribution in [-0.2, 0) is 9.47 Å². The van der Waals surface area contributed by atoms with Crippen LogP contribution in [0.3, 0.4) is 0 Å². The van der Waals surface area contributed by atoms with Crippen LogP contribution in [-0.4, -0.2) is 7.11 Å². The summed E-state index contributed by atoms with van der Waals surface area (Å²) in [5, 5.41) is 0. The number of rotatable bonds is 2. The van der Waals surface area contributed by atoms with Gasteiger partial charge in [-0.2, -0.15) is 0 Å². The van der Waals surface area contributed by atoms with Crippen molar-refractivity contribution in [2.75, 3.05) is 7.11 Å². The lowest BCUT2D eigenvalue weighted by atomic mass is 10.2. The van der Waals surface area contributed by atoms with Gasteiger partial charge in [0.05, 0.1) is 12.7 Å². The SMILES string of the molecule is COc1ccccc1C1OC=C(N)O1. The maximum Gasteiger partial charge on any atom is 0.272 e. The Morgan fingerprint density at radius 3 is 2.79 bits per heavy atom. The van der Waals surface area contributed by atoms with E-state index in [1.807, 2.05) is 24.3 Å². The van der Waals surface area contributed by atoms with E-state index in [9.17, 15) is 0 Å². The van der Waals surface area contributed by atoms with Crippen LogP contribution >= 0.6 is 0 Å². The largest absolute Gasteiger partial charge is 0.496 e. The summed E-state index contributed by atoms with van der Waals surface area (Å²) in [6.07, 6.45) is 0.892. The van der Waals surface area contributed by atoms with E-state index < -0.39 is 6.29 Å². The highest BCUT2D eigenvalue weighted by molar-refractivity contribution is 5.34. The van der Waals surface area contributed by atoms with Gasteiger partial charge in [-0.15, -0.1) is 0 Å². The number of para-hydroxylation sites is 1. The van der Waals surface area contributed by atoms with Crippen molar-refractivity contribution in [1.82, 2.24) is 0 Å². The average Bonchev–Trinajstić information content (AvgIpc) is 2.65. The van der Waals surface area contributed by atoms with Gasteiger partial charge in [-0.1, -0.05) is 12.1 Å². The van der Waals surface area contributed by atoms with Crippen molar-refractivity contribution >= 4 is 0 Å². The molecule has 0 fully saturated rings.